The average molecular weight is 449 g/mol. The van der Waals surface area contributed by atoms with Gasteiger partial charge in [0, 0.05) is 6.54 Å². The fourth-order valence-corrected chi connectivity index (χ4v) is 3.09. The molecule has 1 amide bonds. The first-order valence-electron chi connectivity index (χ1n) is 11.1. The largest absolute Gasteiger partial charge is 0.459 e. The van der Waals surface area contributed by atoms with Crippen LogP contribution in [0.1, 0.15) is 67.4 Å². The summed E-state index contributed by atoms with van der Waals surface area (Å²) >= 11 is 0. The van der Waals surface area contributed by atoms with Crippen LogP contribution in [0.15, 0.2) is 30.3 Å². The number of rotatable bonds is 10. The Hall–Kier alpha value is -2.41. The first-order valence-corrected chi connectivity index (χ1v) is 11.1. The molecule has 32 heavy (non-hydrogen) atoms. The minimum Gasteiger partial charge on any atom is -0.459 e. The number of esters is 1. The number of nitrogens with zero attached hydrogens (tertiary/aromatic N) is 1. The van der Waals surface area contributed by atoms with Crippen LogP contribution in [-0.4, -0.2) is 53.1 Å². The topological polar surface area (TPSA) is 84.9 Å². The van der Waals surface area contributed by atoms with Crippen molar-refractivity contribution in [3.63, 3.8) is 0 Å². The lowest BCUT2D eigenvalue weighted by atomic mass is 10.00. The van der Waals surface area contributed by atoms with Crippen LogP contribution in [0.25, 0.3) is 0 Å². The lowest BCUT2D eigenvalue weighted by molar-refractivity contribution is -0.156. The second kappa shape index (κ2) is 12.0. The highest BCUT2D eigenvalue weighted by atomic mass is 16.6. The molecule has 7 heteroatoms. The van der Waals surface area contributed by atoms with Crippen LogP contribution < -0.4 is 5.32 Å². The standard InChI is InChI=1S/C25H40N2O5/c1-18(2)14-20(26-23(30)32-25(6,7)8)21(28)16-27(15-19-12-10-9-11-13-19)17-22(29)31-24(3,4)5/h9-13,18,20H,14-17H2,1-8H3,(H,26,30)/t20-/m1/s1. The Bertz CT molecular complexity index is 748. The van der Waals surface area contributed by atoms with Crippen LogP contribution in [0.2, 0.25) is 0 Å². The number of carbonyl (C=O) groups excluding carboxylic acids is 3. The van der Waals surface area contributed by atoms with Crippen LogP contribution in [0.4, 0.5) is 4.79 Å². The Kier molecular flexibility index (Phi) is 10.4. The van der Waals surface area contributed by atoms with Gasteiger partial charge in [-0.1, -0.05) is 44.2 Å². The van der Waals surface area contributed by atoms with E-state index in [0.717, 1.165) is 5.56 Å². The molecule has 0 fully saturated rings. The van der Waals surface area contributed by atoms with Gasteiger partial charge in [-0.3, -0.25) is 14.5 Å². The molecule has 1 aromatic rings. The Balaban J connectivity index is 2.96. The summed E-state index contributed by atoms with van der Waals surface area (Å²) < 4.78 is 10.8. The number of alkyl carbamates (subject to hydrolysis) is 1. The Labute approximate surface area is 192 Å². The Morgan fingerprint density at radius 2 is 1.47 bits per heavy atom. The van der Waals surface area contributed by atoms with Crippen molar-refractivity contribution in [2.45, 2.75) is 85.6 Å². The van der Waals surface area contributed by atoms with E-state index in [0.29, 0.717) is 13.0 Å². The molecule has 1 rings (SSSR count). The number of hydrogen-bond acceptors (Lipinski definition) is 6. The quantitative estimate of drug-likeness (QED) is 0.536. The Morgan fingerprint density at radius 3 is 1.97 bits per heavy atom. The van der Waals surface area contributed by atoms with Gasteiger partial charge in [0.15, 0.2) is 5.78 Å². The average Bonchev–Trinajstić information content (AvgIpc) is 2.58. The van der Waals surface area contributed by atoms with Crippen molar-refractivity contribution >= 4 is 17.8 Å². The maximum atomic E-state index is 13.2. The third kappa shape index (κ3) is 12.4. The van der Waals surface area contributed by atoms with Crippen molar-refractivity contribution < 1.29 is 23.9 Å². The smallest absolute Gasteiger partial charge is 0.408 e. The van der Waals surface area contributed by atoms with E-state index in [9.17, 15) is 14.4 Å². The molecule has 0 spiro atoms. The minimum atomic E-state index is -0.707. The second-order valence-electron chi connectivity index (χ2n) is 10.5. The summed E-state index contributed by atoms with van der Waals surface area (Å²) in [5.74, 6) is -0.391. The summed E-state index contributed by atoms with van der Waals surface area (Å²) in [5.41, 5.74) is -0.298. The zero-order chi connectivity index (χ0) is 24.5. The van der Waals surface area contributed by atoms with Crippen molar-refractivity contribution in [1.82, 2.24) is 10.2 Å². The van der Waals surface area contributed by atoms with Crippen molar-refractivity contribution in [3.8, 4) is 0 Å². The van der Waals surface area contributed by atoms with E-state index >= 15 is 0 Å². The van der Waals surface area contributed by atoms with Gasteiger partial charge < -0.3 is 14.8 Å². The number of carbonyl (C=O) groups is 3. The third-order valence-electron chi connectivity index (χ3n) is 4.19. The van der Waals surface area contributed by atoms with E-state index in [1.54, 1.807) is 46.4 Å². The molecule has 0 unspecified atom stereocenters. The predicted molar refractivity (Wildman–Crippen MR) is 125 cm³/mol. The number of nitrogens with one attached hydrogen (secondary N) is 1. The summed E-state index contributed by atoms with van der Waals surface area (Å²) in [6, 6.07) is 8.91. The molecule has 0 saturated carbocycles. The van der Waals surface area contributed by atoms with Crippen LogP contribution in [0.5, 0.6) is 0 Å². The molecule has 7 nitrogen and oxygen atoms in total. The van der Waals surface area contributed by atoms with Crippen molar-refractivity contribution in [3.05, 3.63) is 35.9 Å². The summed E-state index contributed by atoms with van der Waals surface area (Å²) in [6.07, 6.45) is -0.151. The molecule has 0 heterocycles. The van der Waals surface area contributed by atoms with Crippen molar-refractivity contribution in [1.29, 1.82) is 0 Å². The molecule has 0 aliphatic heterocycles. The van der Waals surface area contributed by atoms with Gasteiger partial charge in [-0.2, -0.15) is 0 Å². The van der Waals surface area contributed by atoms with Gasteiger partial charge >= 0.3 is 12.1 Å². The molecule has 0 aliphatic rings. The molecule has 0 radical (unpaired) electrons. The van der Waals surface area contributed by atoms with E-state index in [1.165, 1.54) is 0 Å². The lowest BCUT2D eigenvalue weighted by Gasteiger charge is -2.27. The second-order valence-corrected chi connectivity index (χ2v) is 10.5. The summed E-state index contributed by atoms with van der Waals surface area (Å²) in [5, 5.41) is 2.71. The molecule has 1 atom stereocenters. The Morgan fingerprint density at radius 1 is 0.906 bits per heavy atom. The molecule has 0 aromatic heterocycles. The maximum absolute atomic E-state index is 13.2. The minimum absolute atomic E-state index is 0.00131. The number of amides is 1. The summed E-state index contributed by atoms with van der Waals surface area (Å²) in [4.78, 5) is 39.7. The molecule has 180 valence electrons. The molecule has 0 aliphatic carbocycles. The highest BCUT2D eigenvalue weighted by Crippen LogP contribution is 2.13. The van der Waals surface area contributed by atoms with Crippen molar-refractivity contribution in [2.75, 3.05) is 13.1 Å². The predicted octanol–water partition coefficient (Wildman–Crippen LogP) is 4.34. The van der Waals surface area contributed by atoms with Gasteiger partial charge in [0.2, 0.25) is 0 Å². The summed E-state index contributed by atoms with van der Waals surface area (Å²) in [7, 11) is 0. The zero-order valence-electron chi connectivity index (χ0n) is 20.9. The normalized spacial score (nSPS) is 13.1. The van der Waals surface area contributed by atoms with Crippen molar-refractivity contribution in [2.24, 2.45) is 5.92 Å². The van der Waals surface area contributed by atoms with Crippen LogP contribution in [0.3, 0.4) is 0 Å². The van der Waals surface area contributed by atoms with Gasteiger partial charge in [-0.05, 0) is 59.4 Å². The van der Waals surface area contributed by atoms with E-state index in [2.05, 4.69) is 5.32 Å². The molecule has 0 bridgehead atoms. The zero-order valence-corrected chi connectivity index (χ0v) is 20.9. The molecule has 0 saturated heterocycles. The number of ether oxygens (including phenoxy) is 2. The lowest BCUT2D eigenvalue weighted by Crippen LogP contribution is -2.48. The van der Waals surface area contributed by atoms with Crippen LogP contribution in [0, 0.1) is 5.92 Å². The number of ketones is 1. The first-order chi connectivity index (χ1) is 14.6. The fourth-order valence-electron chi connectivity index (χ4n) is 3.09. The highest BCUT2D eigenvalue weighted by molar-refractivity contribution is 5.89. The molecule has 1 N–H and O–H groups in total. The van der Waals surface area contributed by atoms with Crippen LogP contribution >= 0.6 is 0 Å². The third-order valence-corrected chi connectivity index (χ3v) is 4.19. The van der Waals surface area contributed by atoms with Gasteiger partial charge in [0.1, 0.15) is 11.2 Å². The SMILES string of the molecule is CC(C)C[C@@H](NC(=O)OC(C)(C)C)C(=O)CN(CC(=O)OC(C)(C)C)Cc1ccccc1. The molecule has 1 aromatic carbocycles. The molecular weight excluding hydrogens is 408 g/mol. The van der Waals surface area contributed by atoms with Gasteiger partial charge in [-0.15, -0.1) is 0 Å². The van der Waals surface area contributed by atoms with E-state index < -0.39 is 29.3 Å². The summed E-state index contributed by atoms with van der Waals surface area (Å²) in [6.45, 7) is 15.1. The van der Waals surface area contributed by atoms with E-state index in [-0.39, 0.29) is 24.8 Å². The first kappa shape index (κ1) is 27.6. The highest BCUT2D eigenvalue weighted by Gasteiger charge is 2.28. The monoisotopic (exact) mass is 448 g/mol. The molecular formula is C25H40N2O5. The number of hydrogen-bond donors (Lipinski definition) is 1. The van der Waals surface area contributed by atoms with Gasteiger partial charge in [0.05, 0.1) is 19.1 Å². The van der Waals surface area contributed by atoms with E-state index in [4.69, 9.17) is 9.47 Å². The van der Waals surface area contributed by atoms with Gasteiger partial charge in [-0.25, -0.2) is 4.79 Å². The number of benzene rings is 1. The number of Topliss-reactive ketones (excluding diaryl/α,β-unsaturated/α-hetero) is 1. The maximum Gasteiger partial charge on any atom is 0.408 e. The van der Waals surface area contributed by atoms with Gasteiger partial charge in [0.25, 0.3) is 0 Å². The van der Waals surface area contributed by atoms with Crippen LogP contribution in [-0.2, 0) is 25.6 Å². The fraction of sp³-hybridized carbons (Fsp3) is 0.640. The van der Waals surface area contributed by atoms with E-state index in [1.807, 2.05) is 44.2 Å².